The minimum absolute atomic E-state index is 0.109. The summed E-state index contributed by atoms with van der Waals surface area (Å²) in [6.45, 7) is 12.8. The third-order valence-electron chi connectivity index (χ3n) is 3.90. The van der Waals surface area contributed by atoms with Crippen LogP contribution in [-0.4, -0.2) is 10.1 Å². The van der Waals surface area contributed by atoms with Crippen molar-refractivity contribution >= 4 is 12.2 Å². The SMILES string of the molecule is CC(C)(C)c1cc(/C=C\c2cccnc2)cc(C(C)(C)C)c1O. The number of pyridine rings is 1. The zero-order chi connectivity index (χ0) is 17.3. The van der Waals surface area contributed by atoms with Crippen LogP contribution >= 0.6 is 0 Å². The van der Waals surface area contributed by atoms with Crippen LogP contribution in [0, 0.1) is 0 Å². The molecule has 1 aromatic carbocycles. The summed E-state index contributed by atoms with van der Waals surface area (Å²) in [5, 5.41) is 10.7. The summed E-state index contributed by atoms with van der Waals surface area (Å²) in [4.78, 5) is 4.13. The number of aromatic nitrogens is 1. The summed E-state index contributed by atoms with van der Waals surface area (Å²) in [5.41, 5.74) is 3.91. The molecule has 1 aromatic heterocycles. The Labute approximate surface area is 139 Å². The Kier molecular flexibility index (Phi) is 4.65. The third-order valence-corrected chi connectivity index (χ3v) is 3.90. The third kappa shape index (κ3) is 4.22. The maximum atomic E-state index is 10.7. The van der Waals surface area contributed by atoms with Crippen LogP contribution in [-0.2, 0) is 10.8 Å². The van der Waals surface area contributed by atoms with Gasteiger partial charge in [0, 0.05) is 23.5 Å². The maximum absolute atomic E-state index is 10.7. The molecule has 0 aliphatic carbocycles. The van der Waals surface area contributed by atoms with Gasteiger partial charge in [-0.3, -0.25) is 4.98 Å². The number of rotatable bonds is 2. The predicted octanol–water partition coefficient (Wildman–Crippen LogP) is 5.55. The van der Waals surface area contributed by atoms with Gasteiger partial charge in [0.1, 0.15) is 5.75 Å². The summed E-state index contributed by atoms with van der Waals surface area (Å²) < 4.78 is 0. The molecule has 0 fully saturated rings. The van der Waals surface area contributed by atoms with E-state index in [2.05, 4.69) is 70.8 Å². The lowest BCUT2D eigenvalue weighted by Gasteiger charge is -2.27. The quantitative estimate of drug-likeness (QED) is 0.788. The number of phenolic OH excluding ortho intramolecular Hbond substituents is 1. The van der Waals surface area contributed by atoms with E-state index >= 15 is 0 Å². The van der Waals surface area contributed by atoms with Gasteiger partial charge in [-0.05, 0) is 40.2 Å². The van der Waals surface area contributed by atoms with Gasteiger partial charge in [-0.15, -0.1) is 0 Å². The fraction of sp³-hybridized carbons (Fsp3) is 0.381. The van der Waals surface area contributed by atoms with Crippen molar-refractivity contribution in [3.63, 3.8) is 0 Å². The number of benzene rings is 1. The second-order valence-corrected chi connectivity index (χ2v) is 8.08. The van der Waals surface area contributed by atoms with Gasteiger partial charge >= 0.3 is 0 Å². The van der Waals surface area contributed by atoms with E-state index in [1.165, 1.54) is 0 Å². The van der Waals surface area contributed by atoms with Gasteiger partial charge in [0.25, 0.3) is 0 Å². The van der Waals surface area contributed by atoms with Crippen molar-refractivity contribution in [1.29, 1.82) is 0 Å². The molecule has 0 saturated carbocycles. The van der Waals surface area contributed by atoms with E-state index in [4.69, 9.17) is 0 Å². The molecule has 23 heavy (non-hydrogen) atoms. The molecule has 2 nitrogen and oxygen atoms in total. The zero-order valence-corrected chi connectivity index (χ0v) is 15.0. The van der Waals surface area contributed by atoms with E-state index < -0.39 is 0 Å². The van der Waals surface area contributed by atoms with Gasteiger partial charge in [0.2, 0.25) is 0 Å². The Hall–Kier alpha value is -2.09. The van der Waals surface area contributed by atoms with Crippen molar-refractivity contribution in [3.05, 3.63) is 58.9 Å². The molecule has 0 spiro atoms. The Morgan fingerprint density at radius 2 is 1.39 bits per heavy atom. The predicted molar refractivity (Wildman–Crippen MR) is 98.7 cm³/mol. The molecule has 1 N–H and O–H groups in total. The van der Waals surface area contributed by atoms with Gasteiger partial charge < -0.3 is 5.11 Å². The molecule has 0 radical (unpaired) electrons. The van der Waals surface area contributed by atoms with Crippen molar-refractivity contribution in [2.45, 2.75) is 52.4 Å². The van der Waals surface area contributed by atoms with Crippen molar-refractivity contribution in [2.75, 3.05) is 0 Å². The Morgan fingerprint density at radius 3 is 1.83 bits per heavy atom. The molecule has 0 atom stereocenters. The molecule has 122 valence electrons. The first kappa shape index (κ1) is 17.3. The largest absolute Gasteiger partial charge is 0.507 e. The van der Waals surface area contributed by atoms with Gasteiger partial charge in [0.05, 0.1) is 0 Å². The molecule has 2 rings (SSSR count). The summed E-state index contributed by atoms with van der Waals surface area (Å²) >= 11 is 0. The van der Waals surface area contributed by atoms with Crippen molar-refractivity contribution in [1.82, 2.24) is 4.98 Å². The number of phenols is 1. The molecule has 0 bridgehead atoms. The Balaban J connectivity index is 2.54. The molecule has 0 aliphatic rings. The van der Waals surface area contributed by atoms with Gasteiger partial charge in [0.15, 0.2) is 0 Å². The molecule has 1 heterocycles. The first-order chi connectivity index (χ1) is 10.6. The van der Waals surface area contributed by atoms with E-state index in [1.807, 2.05) is 18.3 Å². The summed E-state index contributed by atoms with van der Waals surface area (Å²) in [6, 6.07) is 8.12. The standard InChI is InChI=1S/C21H27NO/c1-20(2,3)17-12-16(10-9-15-8-7-11-22-14-15)13-18(19(17)23)21(4,5)6/h7-14,23H,1-6H3/b10-9-. The second kappa shape index (κ2) is 6.19. The highest BCUT2D eigenvalue weighted by Crippen LogP contribution is 2.40. The maximum Gasteiger partial charge on any atom is 0.123 e. The van der Waals surface area contributed by atoms with E-state index in [1.54, 1.807) is 6.20 Å². The number of hydrogen-bond acceptors (Lipinski definition) is 2. The van der Waals surface area contributed by atoms with Crippen LogP contribution in [0.25, 0.3) is 12.2 Å². The molecule has 2 heteroatoms. The number of nitrogens with zero attached hydrogens (tertiary/aromatic N) is 1. The lowest BCUT2D eigenvalue weighted by molar-refractivity contribution is 0.423. The molecule has 0 saturated heterocycles. The molecule has 0 amide bonds. The Bertz CT molecular complexity index is 666. The van der Waals surface area contributed by atoms with Crippen LogP contribution in [0.2, 0.25) is 0 Å². The fourth-order valence-corrected chi connectivity index (χ4v) is 2.56. The average molecular weight is 309 g/mol. The fourth-order valence-electron chi connectivity index (χ4n) is 2.56. The molecular formula is C21H27NO. The molecule has 0 aliphatic heterocycles. The smallest absolute Gasteiger partial charge is 0.123 e. The number of aromatic hydroxyl groups is 1. The normalized spacial score (nSPS) is 12.8. The molecular weight excluding hydrogens is 282 g/mol. The number of hydrogen-bond donors (Lipinski definition) is 1. The highest BCUT2D eigenvalue weighted by molar-refractivity contribution is 5.71. The Morgan fingerprint density at radius 1 is 0.870 bits per heavy atom. The van der Waals surface area contributed by atoms with Crippen LogP contribution < -0.4 is 0 Å². The second-order valence-electron chi connectivity index (χ2n) is 8.08. The minimum atomic E-state index is -0.109. The topological polar surface area (TPSA) is 33.1 Å². The zero-order valence-electron chi connectivity index (χ0n) is 15.0. The molecule has 0 unspecified atom stereocenters. The average Bonchev–Trinajstić information content (AvgIpc) is 2.44. The van der Waals surface area contributed by atoms with Crippen LogP contribution in [0.3, 0.4) is 0 Å². The summed E-state index contributed by atoms with van der Waals surface area (Å²) in [5.74, 6) is 0.420. The van der Waals surface area contributed by atoms with Crippen LogP contribution in [0.1, 0.15) is 63.8 Å². The highest BCUT2D eigenvalue weighted by atomic mass is 16.3. The summed E-state index contributed by atoms with van der Waals surface area (Å²) in [7, 11) is 0. The van der Waals surface area contributed by atoms with Crippen LogP contribution in [0.15, 0.2) is 36.7 Å². The van der Waals surface area contributed by atoms with Crippen LogP contribution in [0.5, 0.6) is 5.75 Å². The van der Waals surface area contributed by atoms with E-state index in [-0.39, 0.29) is 10.8 Å². The van der Waals surface area contributed by atoms with Gasteiger partial charge in [-0.25, -0.2) is 0 Å². The minimum Gasteiger partial charge on any atom is -0.507 e. The van der Waals surface area contributed by atoms with Gasteiger partial charge in [-0.2, -0.15) is 0 Å². The van der Waals surface area contributed by atoms with E-state index in [0.29, 0.717) is 5.75 Å². The lowest BCUT2D eigenvalue weighted by Crippen LogP contribution is -2.17. The van der Waals surface area contributed by atoms with Crippen molar-refractivity contribution in [2.24, 2.45) is 0 Å². The van der Waals surface area contributed by atoms with Crippen LogP contribution in [0.4, 0.5) is 0 Å². The summed E-state index contributed by atoms with van der Waals surface area (Å²) in [6.07, 6.45) is 7.75. The molecule has 2 aromatic rings. The van der Waals surface area contributed by atoms with Crippen molar-refractivity contribution < 1.29 is 5.11 Å². The van der Waals surface area contributed by atoms with E-state index in [0.717, 1.165) is 22.3 Å². The highest BCUT2D eigenvalue weighted by Gasteiger charge is 2.26. The lowest BCUT2D eigenvalue weighted by atomic mass is 9.78. The van der Waals surface area contributed by atoms with Gasteiger partial charge in [-0.1, -0.05) is 59.8 Å². The first-order valence-electron chi connectivity index (χ1n) is 8.05. The van der Waals surface area contributed by atoms with Crippen molar-refractivity contribution in [3.8, 4) is 5.75 Å². The van der Waals surface area contributed by atoms with E-state index in [9.17, 15) is 5.11 Å². The monoisotopic (exact) mass is 309 g/mol. The first-order valence-corrected chi connectivity index (χ1v) is 8.05.